The topological polar surface area (TPSA) is 38.9 Å². The van der Waals surface area contributed by atoms with Gasteiger partial charge in [-0.25, -0.2) is 0 Å². The first kappa shape index (κ1) is 10.9. The molecule has 0 fully saturated rings. The molecule has 0 N–H and O–H groups in total. The third-order valence-corrected chi connectivity index (χ3v) is 3.74. The van der Waals surface area contributed by atoms with Gasteiger partial charge in [-0.15, -0.1) is 33.1 Å². The van der Waals surface area contributed by atoms with E-state index in [1.165, 1.54) is 11.3 Å². The average Bonchev–Trinajstić information content (AvgIpc) is 2.77. The van der Waals surface area contributed by atoms with E-state index < -0.39 is 0 Å². The van der Waals surface area contributed by atoms with Crippen LogP contribution in [0.5, 0.6) is 0 Å². The SMILES string of the molecule is Cc1csc(-c2nnc(CCCl)o2)c1Cl. The number of aryl methyl sites for hydroxylation is 2. The van der Waals surface area contributed by atoms with Crippen molar-refractivity contribution in [1.29, 1.82) is 0 Å². The zero-order chi connectivity index (χ0) is 10.8. The molecule has 0 bridgehead atoms. The van der Waals surface area contributed by atoms with Crippen LogP contribution in [0.2, 0.25) is 5.02 Å². The number of nitrogens with zero attached hydrogens (tertiary/aromatic N) is 2. The molecule has 0 atom stereocenters. The lowest BCUT2D eigenvalue weighted by atomic mass is 10.3. The van der Waals surface area contributed by atoms with Crippen LogP contribution in [0.3, 0.4) is 0 Å². The lowest BCUT2D eigenvalue weighted by Crippen LogP contribution is -1.84. The van der Waals surface area contributed by atoms with E-state index in [4.69, 9.17) is 27.6 Å². The number of alkyl halides is 1. The monoisotopic (exact) mass is 262 g/mol. The molecule has 2 heterocycles. The summed E-state index contributed by atoms with van der Waals surface area (Å²) in [7, 11) is 0. The van der Waals surface area contributed by atoms with Crippen molar-refractivity contribution in [3.8, 4) is 10.8 Å². The fourth-order valence-corrected chi connectivity index (χ4v) is 2.46. The highest BCUT2D eigenvalue weighted by Crippen LogP contribution is 2.35. The van der Waals surface area contributed by atoms with E-state index in [2.05, 4.69) is 10.2 Å². The third kappa shape index (κ3) is 2.17. The average molecular weight is 263 g/mol. The van der Waals surface area contributed by atoms with Crippen molar-refractivity contribution in [2.45, 2.75) is 13.3 Å². The van der Waals surface area contributed by atoms with Gasteiger partial charge in [0.25, 0.3) is 5.89 Å². The number of rotatable bonds is 3. The van der Waals surface area contributed by atoms with Gasteiger partial charge < -0.3 is 4.42 Å². The minimum Gasteiger partial charge on any atom is -0.420 e. The molecule has 0 aliphatic heterocycles. The fourth-order valence-electron chi connectivity index (χ4n) is 1.10. The first-order chi connectivity index (χ1) is 7.22. The molecule has 2 aromatic rings. The Hall–Kier alpha value is -0.580. The minimum absolute atomic E-state index is 0.471. The van der Waals surface area contributed by atoms with Crippen molar-refractivity contribution < 1.29 is 4.42 Å². The highest BCUT2D eigenvalue weighted by atomic mass is 35.5. The van der Waals surface area contributed by atoms with E-state index in [1.54, 1.807) is 0 Å². The van der Waals surface area contributed by atoms with E-state index in [0.717, 1.165) is 10.4 Å². The molecule has 0 saturated heterocycles. The zero-order valence-electron chi connectivity index (χ0n) is 7.96. The summed E-state index contributed by atoms with van der Waals surface area (Å²) in [6, 6.07) is 0. The van der Waals surface area contributed by atoms with Gasteiger partial charge in [0.15, 0.2) is 0 Å². The van der Waals surface area contributed by atoms with E-state index in [9.17, 15) is 0 Å². The van der Waals surface area contributed by atoms with Crippen LogP contribution in [0.25, 0.3) is 10.8 Å². The molecular formula is C9H8Cl2N2OS. The molecule has 80 valence electrons. The second kappa shape index (κ2) is 4.51. The molecule has 0 unspecified atom stereocenters. The Balaban J connectivity index is 2.33. The van der Waals surface area contributed by atoms with Gasteiger partial charge in [-0.3, -0.25) is 0 Å². The quantitative estimate of drug-likeness (QED) is 0.795. The van der Waals surface area contributed by atoms with Gasteiger partial charge in [-0.2, -0.15) is 0 Å². The fraction of sp³-hybridized carbons (Fsp3) is 0.333. The van der Waals surface area contributed by atoms with Crippen LogP contribution in [0, 0.1) is 6.92 Å². The molecule has 0 saturated carbocycles. The summed E-state index contributed by atoms with van der Waals surface area (Å²) in [6.45, 7) is 1.94. The van der Waals surface area contributed by atoms with Gasteiger partial charge in [0.1, 0.15) is 4.88 Å². The molecule has 0 amide bonds. The summed E-state index contributed by atoms with van der Waals surface area (Å²) in [5.41, 5.74) is 1.02. The minimum atomic E-state index is 0.471. The van der Waals surface area contributed by atoms with E-state index in [1.807, 2.05) is 12.3 Å². The predicted molar refractivity (Wildman–Crippen MR) is 61.8 cm³/mol. The lowest BCUT2D eigenvalue weighted by molar-refractivity contribution is 0.515. The number of hydrogen-bond acceptors (Lipinski definition) is 4. The first-order valence-corrected chi connectivity index (χ1v) is 6.14. The summed E-state index contributed by atoms with van der Waals surface area (Å²) < 4.78 is 5.42. The smallest absolute Gasteiger partial charge is 0.259 e. The summed E-state index contributed by atoms with van der Waals surface area (Å²) in [5.74, 6) is 1.49. The summed E-state index contributed by atoms with van der Waals surface area (Å²) in [4.78, 5) is 0.822. The molecule has 0 aliphatic rings. The third-order valence-electron chi connectivity index (χ3n) is 1.87. The Morgan fingerprint density at radius 1 is 1.47 bits per heavy atom. The van der Waals surface area contributed by atoms with Crippen LogP contribution in [0.15, 0.2) is 9.80 Å². The van der Waals surface area contributed by atoms with Crippen molar-refractivity contribution in [2.75, 3.05) is 5.88 Å². The Kier molecular flexibility index (Phi) is 3.29. The molecule has 6 heteroatoms. The summed E-state index contributed by atoms with van der Waals surface area (Å²) in [6.07, 6.45) is 0.580. The molecule has 2 rings (SSSR count). The van der Waals surface area contributed by atoms with E-state index in [0.29, 0.717) is 29.1 Å². The number of thiophene rings is 1. The number of aromatic nitrogens is 2. The Labute approximate surface area is 101 Å². The Morgan fingerprint density at radius 3 is 2.87 bits per heavy atom. The van der Waals surface area contributed by atoms with Gasteiger partial charge in [0.05, 0.1) is 5.02 Å². The highest BCUT2D eigenvalue weighted by molar-refractivity contribution is 7.14. The van der Waals surface area contributed by atoms with Gasteiger partial charge in [0, 0.05) is 12.3 Å². The van der Waals surface area contributed by atoms with Crippen LogP contribution >= 0.6 is 34.5 Å². The van der Waals surface area contributed by atoms with Gasteiger partial charge in [-0.05, 0) is 17.9 Å². The molecular weight excluding hydrogens is 255 g/mol. The Morgan fingerprint density at radius 2 is 2.27 bits per heavy atom. The van der Waals surface area contributed by atoms with Gasteiger partial charge in [-0.1, -0.05) is 11.6 Å². The zero-order valence-corrected chi connectivity index (χ0v) is 10.3. The Bertz CT molecular complexity index is 466. The maximum absolute atomic E-state index is 6.09. The maximum Gasteiger partial charge on any atom is 0.259 e. The molecule has 2 aromatic heterocycles. The van der Waals surface area contributed by atoms with Crippen molar-refractivity contribution in [2.24, 2.45) is 0 Å². The van der Waals surface area contributed by atoms with Gasteiger partial charge >= 0.3 is 0 Å². The van der Waals surface area contributed by atoms with Crippen LogP contribution in [-0.4, -0.2) is 16.1 Å². The molecule has 15 heavy (non-hydrogen) atoms. The number of hydrogen-bond donors (Lipinski definition) is 0. The second-order valence-electron chi connectivity index (χ2n) is 3.00. The van der Waals surface area contributed by atoms with Crippen molar-refractivity contribution in [1.82, 2.24) is 10.2 Å². The molecule has 3 nitrogen and oxygen atoms in total. The van der Waals surface area contributed by atoms with Crippen molar-refractivity contribution in [3.63, 3.8) is 0 Å². The largest absolute Gasteiger partial charge is 0.420 e. The van der Waals surface area contributed by atoms with Gasteiger partial charge in [0.2, 0.25) is 5.89 Å². The van der Waals surface area contributed by atoms with Crippen LogP contribution in [-0.2, 0) is 6.42 Å². The van der Waals surface area contributed by atoms with Crippen molar-refractivity contribution >= 4 is 34.5 Å². The van der Waals surface area contributed by atoms with Crippen molar-refractivity contribution in [3.05, 3.63) is 21.9 Å². The van der Waals surface area contributed by atoms with E-state index >= 15 is 0 Å². The van der Waals surface area contributed by atoms with Crippen LogP contribution in [0.1, 0.15) is 11.5 Å². The molecule has 0 radical (unpaired) electrons. The van der Waals surface area contributed by atoms with E-state index in [-0.39, 0.29) is 0 Å². The van der Waals surface area contributed by atoms with Crippen LogP contribution in [0.4, 0.5) is 0 Å². The first-order valence-electron chi connectivity index (χ1n) is 4.34. The predicted octanol–water partition coefficient (Wildman–Crippen LogP) is 3.54. The summed E-state index contributed by atoms with van der Waals surface area (Å²) in [5, 5.41) is 10.5. The summed E-state index contributed by atoms with van der Waals surface area (Å²) >= 11 is 13.2. The molecule has 0 spiro atoms. The normalized spacial score (nSPS) is 10.9. The standard InChI is InChI=1S/C9H8Cl2N2OS/c1-5-4-15-8(7(5)11)9-13-12-6(14-9)2-3-10/h4H,2-3H2,1H3. The highest BCUT2D eigenvalue weighted by Gasteiger charge is 2.15. The van der Waals surface area contributed by atoms with Crippen LogP contribution < -0.4 is 0 Å². The molecule has 0 aliphatic carbocycles. The second-order valence-corrected chi connectivity index (χ2v) is 4.64. The lowest BCUT2D eigenvalue weighted by Gasteiger charge is -1.90. The maximum atomic E-state index is 6.09. The molecule has 0 aromatic carbocycles. The number of halogens is 2.